The van der Waals surface area contributed by atoms with Crippen LogP contribution in [0.25, 0.3) is 5.69 Å². The lowest BCUT2D eigenvalue weighted by Crippen LogP contribution is -2.69. The molecule has 4 fully saturated rings. The molecule has 8 atom stereocenters. The number of hydrogen-bond donors (Lipinski definition) is 0. The molecule has 1 aromatic heterocycles. The monoisotopic (exact) mass is 460 g/mol. The van der Waals surface area contributed by atoms with Crippen LogP contribution in [0.2, 0.25) is 0 Å². The zero-order chi connectivity index (χ0) is 23.7. The summed E-state index contributed by atoms with van der Waals surface area (Å²) in [7, 11) is 2.03. The first kappa shape index (κ1) is 22.2. The highest BCUT2D eigenvalue weighted by Crippen LogP contribution is 2.66. The fraction of sp³-hybridized carbons (Fsp3) is 0.633. The number of benzene rings is 1. The maximum absolute atomic E-state index is 12.9. The minimum Gasteiger partial charge on any atom is -0.488 e. The maximum Gasteiger partial charge on any atom is 0.222 e. The zero-order valence-electron chi connectivity index (χ0n) is 21.2. The third-order valence-electron chi connectivity index (χ3n) is 10.8. The van der Waals surface area contributed by atoms with Crippen molar-refractivity contribution in [1.82, 2.24) is 9.47 Å². The molecule has 4 nitrogen and oxygen atoms in total. The molecular formula is C30H40N2O2. The largest absolute Gasteiger partial charge is 0.488 e. The van der Waals surface area contributed by atoms with E-state index in [-0.39, 0.29) is 23.5 Å². The molecule has 0 spiro atoms. The maximum atomic E-state index is 12.9. The first-order chi connectivity index (χ1) is 16.3. The first-order valence-corrected chi connectivity index (χ1v) is 13.5. The van der Waals surface area contributed by atoms with Gasteiger partial charge in [0, 0.05) is 31.5 Å². The molecule has 4 aliphatic rings. The van der Waals surface area contributed by atoms with Crippen LogP contribution in [0, 0.1) is 34.5 Å². The summed E-state index contributed by atoms with van der Waals surface area (Å²) < 4.78 is 9.04. The average Bonchev–Trinajstić information content (AvgIpc) is 3.50. The lowest BCUT2D eigenvalue weighted by Gasteiger charge is -2.65. The van der Waals surface area contributed by atoms with Crippen LogP contribution in [-0.4, -0.2) is 34.6 Å². The van der Waals surface area contributed by atoms with Crippen molar-refractivity contribution in [2.45, 2.75) is 77.9 Å². The molecule has 182 valence electrons. The lowest BCUT2D eigenvalue weighted by molar-refractivity contribution is -0.191. The number of fused-ring (bicyclic) bond motifs is 5. The quantitative estimate of drug-likeness (QED) is 0.536. The van der Waals surface area contributed by atoms with Crippen LogP contribution >= 0.6 is 0 Å². The Balaban J connectivity index is 1.36. The van der Waals surface area contributed by atoms with Gasteiger partial charge in [-0.3, -0.25) is 4.79 Å². The van der Waals surface area contributed by atoms with Crippen LogP contribution in [0.4, 0.5) is 0 Å². The number of amides is 1. The number of nitrogens with zero attached hydrogens (tertiary/aromatic N) is 2. The van der Waals surface area contributed by atoms with Crippen LogP contribution in [0.1, 0.15) is 65.7 Å². The number of carbonyl (C=O) groups excluding carboxylic acids is 1. The molecule has 0 bridgehead atoms. The number of rotatable bonds is 3. The Labute approximate surface area is 204 Å². The number of hydrogen-bond acceptors (Lipinski definition) is 2. The van der Waals surface area contributed by atoms with Gasteiger partial charge in [-0.25, -0.2) is 0 Å². The highest BCUT2D eigenvalue weighted by atomic mass is 16.5. The minimum atomic E-state index is 0.0286. The van der Waals surface area contributed by atoms with Gasteiger partial charge in [-0.1, -0.05) is 27.2 Å². The molecule has 1 saturated heterocycles. The van der Waals surface area contributed by atoms with Crippen LogP contribution < -0.4 is 4.74 Å². The summed E-state index contributed by atoms with van der Waals surface area (Å²) in [5.41, 5.74) is 1.76. The molecule has 1 aliphatic heterocycles. The molecule has 2 heterocycles. The molecule has 1 amide bonds. The Kier molecular flexibility index (Phi) is 5.17. The van der Waals surface area contributed by atoms with Crippen LogP contribution in [0.3, 0.4) is 0 Å². The van der Waals surface area contributed by atoms with Crippen molar-refractivity contribution in [3.63, 3.8) is 0 Å². The predicted molar refractivity (Wildman–Crippen MR) is 135 cm³/mol. The van der Waals surface area contributed by atoms with Gasteiger partial charge in [0.05, 0.1) is 6.04 Å². The Hall–Kier alpha value is -2.23. The van der Waals surface area contributed by atoms with Crippen molar-refractivity contribution in [2.24, 2.45) is 34.5 Å². The molecule has 0 N–H and O–H groups in total. The van der Waals surface area contributed by atoms with Crippen molar-refractivity contribution in [3.05, 3.63) is 48.8 Å². The summed E-state index contributed by atoms with van der Waals surface area (Å²) in [5, 5.41) is 0. The Morgan fingerprint density at radius 3 is 2.44 bits per heavy atom. The number of aromatic nitrogens is 1. The first-order valence-electron chi connectivity index (χ1n) is 13.5. The molecule has 4 heteroatoms. The average molecular weight is 461 g/mol. The summed E-state index contributed by atoms with van der Waals surface area (Å²) in [4.78, 5) is 15.0. The number of ether oxygens (including phenoxy) is 1. The second kappa shape index (κ2) is 7.90. The van der Waals surface area contributed by atoms with E-state index < -0.39 is 0 Å². The van der Waals surface area contributed by atoms with E-state index in [4.69, 9.17) is 4.74 Å². The molecule has 34 heavy (non-hydrogen) atoms. The second-order valence-corrected chi connectivity index (χ2v) is 12.4. The van der Waals surface area contributed by atoms with E-state index >= 15 is 0 Å². The zero-order valence-corrected chi connectivity index (χ0v) is 21.2. The molecular weight excluding hydrogens is 420 g/mol. The third kappa shape index (κ3) is 3.20. The molecule has 3 saturated carbocycles. The van der Waals surface area contributed by atoms with Crippen molar-refractivity contribution < 1.29 is 9.53 Å². The minimum absolute atomic E-state index is 0.0286. The standard InChI is InChI=1S/C30H40N2O2/c1-20-26-23-8-7-15-29(23,2)16-13-24(26)30(3)17-14-25(33)31(4)28(30)27(20)34-22-11-9-21(10-12-22)32-18-5-6-19-32/h5-6,9-12,18-20,23-24,26-28H,7-8,13-17H2,1-4H3/t20?,23-,24+,26-,27?,28?,29-,30+/m0/s1. The number of likely N-dealkylation sites (N-methyl/N-ethyl adjacent to an activating group) is 1. The van der Waals surface area contributed by atoms with Gasteiger partial charge in [-0.2, -0.15) is 0 Å². The molecule has 6 rings (SSSR count). The molecule has 3 aliphatic carbocycles. The van der Waals surface area contributed by atoms with Crippen molar-refractivity contribution in [3.8, 4) is 11.4 Å². The number of piperidine rings is 1. The van der Waals surface area contributed by atoms with Gasteiger partial charge in [0.2, 0.25) is 5.91 Å². The molecule has 2 aromatic rings. The van der Waals surface area contributed by atoms with E-state index in [2.05, 4.69) is 66.9 Å². The SMILES string of the molecule is CC1C(Oc2ccc(-n3cccc3)cc2)C2N(C)C(=O)CC[C@]2(C)[C@@H]2CC[C@]3(C)CCC[C@H]3[C@H]12. The highest BCUT2D eigenvalue weighted by molar-refractivity contribution is 5.77. The van der Waals surface area contributed by atoms with Crippen LogP contribution in [0.5, 0.6) is 5.75 Å². The van der Waals surface area contributed by atoms with Gasteiger partial charge >= 0.3 is 0 Å². The Morgan fingerprint density at radius 1 is 0.971 bits per heavy atom. The second-order valence-electron chi connectivity index (χ2n) is 12.4. The fourth-order valence-corrected chi connectivity index (χ4v) is 9.02. The summed E-state index contributed by atoms with van der Waals surface area (Å²) in [6, 6.07) is 12.7. The summed E-state index contributed by atoms with van der Waals surface area (Å²) in [6.07, 6.45) is 12.7. The number of likely N-dealkylation sites (tertiary alicyclic amines) is 1. The molecule has 1 aromatic carbocycles. The normalized spacial score (nSPS) is 41.5. The predicted octanol–water partition coefficient (Wildman–Crippen LogP) is 6.33. The van der Waals surface area contributed by atoms with E-state index in [9.17, 15) is 4.79 Å². The van der Waals surface area contributed by atoms with Gasteiger partial charge in [0.15, 0.2) is 0 Å². The smallest absolute Gasteiger partial charge is 0.222 e. The topological polar surface area (TPSA) is 34.5 Å². The summed E-state index contributed by atoms with van der Waals surface area (Å²) in [5.74, 6) is 3.81. The fourth-order valence-electron chi connectivity index (χ4n) is 9.02. The van der Waals surface area contributed by atoms with Gasteiger partial charge in [0.25, 0.3) is 0 Å². The van der Waals surface area contributed by atoms with E-state index in [1.54, 1.807) is 0 Å². The Bertz CT molecular complexity index is 1050. The highest BCUT2D eigenvalue weighted by Gasteiger charge is 2.64. The van der Waals surface area contributed by atoms with Gasteiger partial charge in [-0.05, 0) is 103 Å². The van der Waals surface area contributed by atoms with Gasteiger partial charge in [-0.15, -0.1) is 0 Å². The Morgan fingerprint density at radius 2 is 1.71 bits per heavy atom. The summed E-state index contributed by atoms with van der Waals surface area (Å²) >= 11 is 0. The van der Waals surface area contributed by atoms with Gasteiger partial charge in [0.1, 0.15) is 11.9 Å². The number of carbonyl (C=O) groups is 1. The van der Waals surface area contributed by atoms with E-state index in [1.807, 2.05) is 19.2 Å². The van der Waals surface area contributed by atoms with E-state index in [0.717, 1.165) is 23.8 Å². The van der Waals surface area contributed by atoms with Crippen LogP contribution in [0.15, 0.2) is 48.8 Å². The van der Waals surface area contributed by atoms with Crippen molar-refractivity contribution in [2.75, 3.05) is 7.05 Å². The molecule has 3 unspecified atom stereocenters. The van der Waals surface area contributed by atoms with Crippen molar-refractivity contribution >= 4 is 5.91 Å². The molecule has 0 radical (unpaired) electrons. The van der Waals surface area contributed by atoms with Crippen molar-refractivity contribution in [1.29, 1.82) is 0 Å². The van der Waals surface area contributed by atoms with E-state index in [0.29, 0.717) is 29.6 Å². The lowest BCUT2D eigenvalue weighted by atomic mass is 9.44. The van der Waals surface area contributed by atoms with E-state index in [1.165, 1.54) is 32.1 Å². The summed E-state index contributed by atoms with van der Waals surface area (Å²) in [6.45, 7) is 7.49. The van der Waals surface area contributed by atoms with Crippen LogP contribution in [-0.2, 0) is 4.79 Å². The van der Waals surface area contributed by atoms with Gasteiger partial charge < -0.3 is 14.2 Å². The third-order valence-corrected chi connectivity index (χ3v) is 10.8.